The SMILES string of the molecule is c1ccc(-c2cc(-c3ccccc3)cc(-c3ccc4ccc5c6ccccc6ccc5c4c3)c2)cc1.c1ccc2c(-c3ccc(-c4ccc5c6ccccc6c6c7ccccc7c7ccccc7c6c5c4)cc3)cccc2c1. The van der Waals surface area contributed by atoms with Crippen LogP contribution in [0.3, 0.4) is 0 Å². The van der Waals surface area contributed by atoms with E-state index in [9.17, 15) is 0 Å². The number of rotatable bonds is 5. The van der Waals surface area contributed by atoms with Crippen LogP contribution in [-0.2, 0) is 0 Å². The lowest BCUT2D eigenvalue weighted by Crippen LogP contribution is -1.89. The first-order valence-corrected chi connectivity index (χ1v) is 27.1. The highest BCUT2D eigenvalue weighted by molar-refractivity contribution is 6.39. The summed E-state index contributed by atoms with van der Waals surface area (Å²) >= 11 is 0. The number of hydrogen-bond donors (Lipinski definition) is 0. The van der Waals surface area contributed by atoms with Gasteiger partial charge in [-0.2, -0.15) is 0 Å². The molecular weight excluding hydrogens is 937 g/mol. The molecule has 78 heavy (non-hydrogen) atoms. The van der Waals surface area contributed by atoms with Crippen molar-refractivity contribution in [3.8, 4) is 55.6 Å². The highest BCUT2D eigenvalue weighted by Crippen LogP contribution is 2.45. The van der Waals surface area contributed by atoms with Crippen LogP contribution < -0.4 is 0 Å². The van der Waals surface area contributed by atoms with E-state index in [-0.39, 0.29) is 0 Å². The summed E-state index contributed by atoms with van der Waals surface area (Å²) in [4.78, 5) is 0. The molecule has 0 aliphatic rings. The second kappa shape index (κ2) is 18.9. The molecule has 0 aliphatic heterocycles. The summed E-state index contributed by atoms with van der Waals surface area (Å²) in [7, 11) is 0. The van der Waals surface area contributed by atoms with E-state index in [2.05, 4.69) is 303 Å². The summed E-state index contributed by atoms with van der Waals surface area (Å²) < 4.78 is 0. The van der Waals surface area contributed by atoms with Crippen LogP contribution in [0.15, 0.2) is 303 Å². The van der Waals surface area contributed by atoms with E-state index in [0.717, 1.165) is 0 Å². The molecule has 0 saturated carbocycles. The van der Waals surface area contributed by atoms with E-state index in [1.54, 1.807) is 0 Å². The van der Waals surface area contributed by atoms with Gasteiger partial charge in [0.15, 0.2) is 0 Å². The van der Waals surface area contributed by atoms with Crippen molar-refractivity contribution in [2.45, 2.75) is 0 Å². The van der Waals surface area contributed by atoms with Crippen molar-refractivity contribution < 1.29 is 0 Å². The average molecular weight is 987 g/mol. The number of hydrogen-bond acceptors (Lipinski definition) is 0. The predicted octanol–water partition coefficient (Wildman–Crippen LogP) is 22.1. The van der Waals surface area contributed by atoms with Crippen molar-refractivity contribution in [1.82, 2.24) is 0 Å². The van der Waals surface area contributed by atoms with Gasteiger partial charge in [-0.15, -0.1) is 0 Å². The molecule has 16 aromatic rings. The molecule has 0 bridgehead atoms. The third kappa shape index (κ3) is 7.77. The molecule has 0 heteroatoms. The van der Waals surface area contributed by atoms with E-state index >= 15 is 0 Å². The van der Waals surface area contributed by atoms with Gasteiger partial charge in [-0.3, -0.25) is 0 Å². The first-order chi connectivity index (χ1) is 38.7. The fourth-order valence-corrected chi connectivity index (χ4v) is 12.5. The van der Waals surface area contributed by atoms with Crippen LogP contribution in [0.1, 0.15) is 0 Å². The lowest BCUT2D eigenvalue weighted by molar-refractivity contribution is 1.57. The zero-order valence-electron chi connectivity index (χ0n) is 42.9. The molecule has 16 rings (SSSR count). The van der Waals surface area contributed by atoms with Crippen LogP contribution in [0.25, 0.3) is 153 Å². The molecule has 0 spiro atoms. The minimum absolute atomic E-state index is 1.23. The number of fused-ring (bicyclic) bond motifs is 17. The van der Waals surface area contributed by atoms with Gasteiger partial charge < -0.3 is 0 Å². The zero-order chi connectivity index (χ0) is 51.5. The van der Waals surface area contributed by atoms with Crippen molar-refractivity contribution >= 4 is 97.0 Å². The summed E-state index contributed by atoms with van der Waals surface area (Å²) in [6.07, 6.45) is 0. The molecule has 0 heterocycles. The topological polar surface area (TPSA) is 0 Å². The lowest BCUT2D eigenvalue weighted by Gasteiger charge is -2.17. The first-order valence-electron chi connectivity index (χ1n) is 27.1. The van der Waals surface area contributed by atoms with Gasteiger partial charge in [0, 0.05) is 0 Å². The molecule has 0 radical (unpaired) electrons. The Morgan fingerprint density at radius 1 is 0.128 bits per heavy atom. The van der Waals surface area contributed by atoms with Crippen LogP contribution in [0, 0.1) is 0 Å². The maximum absolute atomic E-state index is 2.41. The van der Waals surface area contributed by atoms with Gasteiger partial charge in [0.05, 0.1) is 0 Å². The quantitative estimate of drug-likeness (QED) is 0.151. The van der Waals surface area contributed by atoms with E-state index in [4.69, 9.17) is 0 Å². The Balaban J connectivity index is 0.000000137. The monoisotopic (exact) mass is 986 g/mol. The normalized spacial score (nSPS) is 11.6. The fourth-order valence-electron chi connectivity index (χ4n) is 12.5. The minimum atomic E-state index is 1.23. The maximum atomic E-state index is 2.41. The van der Waals surface area contributed by atoms with E-state index < -0.39 is 0 Å². The molecule has 0 atom stereocenters. The van der Waals surface area contributed by atoms with E-state index in [0.29, 0.717) is 0 Å². The predicted molar refractivity (Wildman–Crippen MR) is 338 cm³/mol. The maximum Gasteiger partial charge on any atom is -0.00137 e. The number of benzene rings is 16. The van der Waals surface area contributed by atoms with Crippen molar-refractivity contribution in [3.63, 3.8) is 0 Å². The molecule has 0 aliphatic carbocycles. The van der Waals surface area contributed by atoms with Gasteiger partial charge in [0.2, 0.25) is 0 Å². The Morgan fingerprint density at radius 2 is 0.449 bits per heavy atom. The third-order valence-electron chi connectivity index (χ3n) is 16.3. The molecule has 0 saturated heterocycles. The van der Waals surface area contributed by atoms with Crippen LogP contribution in [-0.4, -0.2) is 0 Å². The smallest absolute Gasteiger partial charge is 0.00137 e. The Hall–Kier alpha value is -10.1. The van der Waals surface area contributed by atoms with Crippen LogP contribution in [0.4, 0.5) is 0 Å². The molecule has 0 nitrogen and oxygen atoms in total. The highest BCUT2D eigenvalue weighted by Gasteiger charge is 2.17. The van der Waals surface area contributed by atoms with E-state index in [1.165, 1.54) is 153 Å². The Morgan fingerprint density at radius 3 is 1.04 bits per heavy atom. The van der Waals surface area contributed by atoms with Gasteiger partial charge in [-0.05, 0) is 183 Å². The summed E-state index contributed by atoms with van der Waals surface area (Å²) in [6.45, 7) is 0. The summed E-state index contributed by atoms with van der Waals surface area (Å²) in [5.41, 5.74) is 12.4. The molecule has 0 fully saturated rings. The van der Waals surface area contributed by atoms with Crippen LogP contribution in [0.2, 0.25) is 0 Å². The van der Waals surface area contributed by atoms with Crippen molar-refractivity contribution in [2.24, 2.45) is 0 Å². The molecule has 0 unspecified atom stereocenters. The van der Waals surface area contributed by atoms with Crippen molar-refractivity contribution in [3.05, 3.63) is 303 Å². The summed E-state index contributed by atoms with van der Waals surface area (Å²) in [6, 6.07) is 111. The Kier molecular flexibility index (Phi) is 11.0. The summed E-state index contributed by atoms with van der Waals surface area (Å²) in [5, 5.41) is 23.5. The second-order valence-electron chi connectivity index (χ2n) is 20.7. The molecule has 0 aromatic heterocycles. The fraction of sp³-hybridized carbons (Fsp3) is 0. The Labute approximate surface area is 453 Å². The minimum Gasteiger partial charge on any atom is -0.0622 e. The van der Waals surface area contributed by atoms with Crippen LogP contribution in [0.5, 0.6) is 0 Å². The molecule has 16 aromatic carbocycles. The van der Waals surface area contributed by atoms with Crippen LogP contribution >= 0.6 is 0 Å². The molecular formula is C78H50. The second-order valence-corrected chi connectivity index (χ2v) is 20.7. The molecule has 0 amide bonds. The lowest BCUT2D eigenvalue weighted by atomic mass is 9.86. The Bertz CT molecular complexity index is 4910. The first kappa shape index (κ1) is 45.3. The highest BCUT2D eigenvalue weighted by atomic mass is 14.2. The van der Waals surface area contributed by atoms with Gasteiger partial charge in [0.25, 0.3) is 0 Å². The van der Waals surface area contributed by atoms with Crippen molar-refractivity contribution in [2.75, 3.05) is 0 Å². The zero-order valence-corrected chi connectivity index (χ0v) is 42.9. The summed E-state index contributed by atoms with van der Waals surface area (Å²) in [5.74, 6) is 0. The van der Waals surface area contributed by atoms with Gasteiger partial charge in [-0.1, -0.05) is 273 Å². The van der Waals surface area contributed by atoms with E-state index in [1.807, 2.05) is 0 Å². The molecule has 362 valence electrons. The molecule has 0 N–H and O–H groups in total. The third-order valence-corrected chi connectivity index (χ3v) is 16.3. The van der Waals surface area contributed by atoms with Gasteiger partial charge >= 0.3 is 0 Å². The van der Waals surface area contributed by atoms with Crippen molar-refractivity contribution in [1.29, 1.82) is 0 Å². The van der Waals surface area contributed by atoms with Gasteiger partial charge in [-0.25, -0.2) is 0 Å². The van der Waals surface area contributed by atoms with Gasteiger partial charge in [0.1, 0.15) is 0 Å². The largest absolute Gasteiger partial charge is 0.0622 e. The standard InChI is InChI=1S/C42H26.C36H24/c1-2-12-31-28(10-1)11-9-19-32(31)29-22-20-27(21-23-29)30-24-25-36-35-15-5-7-17-38(35)41-37-16-6-3-13-33(37)34-14-4-8-18-39(34)42(41)40(36)26-30;1-3-9-25(10-4-1)30-21-31(26-11-5-2-6-12-26)23-32(22-30)29-16-15-28-18-19-34-33-14-8-7-13-27(33)17-20-35(34)36(28)24-29/h1-26H;1-24H. The average Bonchev–Trinajstić information content (AvgIpc) is 3.68.